The van der Waals surface area contributed by atoms with Gasteiger partial charge in [0.15, 0.2) is 0 Å². The van der Waals surface area contributed by atoms with E-state index in [-0.39, 0.29) is 17.4 Å². The highest BCUT2D eigenvalue weighted by Gasteiger charge is 2.27. The van der Waals surface area contributed by atoms with Gasteiger partial charge < -0.3 is 19.4 Å². The number of morpholine rings is 1. The van der Waals surface area contributed by atoms with E-state index in [2.05, 4.69) is 15.3 Å². The lowest BCUT2D eigenvalue weighted by Gasteiger charge is -2.26. The molecule has 3 heterocycles. The first-order chi connectivity index (χ1) is 12.7. The van der Waals surface area contributed by atoms with E-state index in [0.29, 0.717) is 43.0 Å². The van der Waals surface area contributed by atoms with Crippen LogP contribution in [-0.4, -0.2) is 53.0 Å². The molecular weight excluding hydrogens is 336 g/mol. The molecule has 0 spiro atoms. The molecule has 0 atom stereocenters. The number of para-hydroxylation sites is 1. The minimum atomic E-state index is -0.458. The largest absolute Gasteiger partial charge is 0.449 e. The summed E-state index contributed by atoms with van der Waals surface area (Å²) in [5.41, 5.74) is 1.02. The standard InChI is InChI=1S/C18H16N4O4/c23-17(13-11-19-5-6-20-13)21-15-12-3-1-2-4-14(12)26-16(15)18(24)22-7-9-25-10-8-22/h1-6,11H,7-10H2,(H,21,23). The number of hydrogen-bond donors (Lipinski definition) is 1. The molecule has 1 aliphatic heterocycles. The van der Waals surface area contributed by atoms with Crippen LogP contribution in [0.2, 0.25) is 0 Å². The zero-order valence-electron chi connectivity index (χ0n) is 13.8. The number of anilines is 1. The topological polar surface area (TPSA) is 97.6 Å². The van der Waals surface area contributed by atoms with Crippen LogP contribution in [0.4, 0.5) is 5.69 Å². The molecule has 0 bridgehead atoms. The number of rotatable bonds is 3. The van der Waals surface area contributed by atoms with Gasteiger partial charge in [0, 0.05) is 30.9 Å². The number of ether oxygens (including phenoxy) is 1. The van der Waals surface area contributed by atoms with Crippen molar-refractivity contribution < 1.29 is 18.7 Å². The van der Waals surface area contributed by atoms with Gasteiger partial charge in [-0.2, -0.15) is 0 Å². The Bertz CT molecular complexity index is 948. The third-order valence-electron chi connectivity index (χ3n) is 4.12. The maximum Gasteiger partial charge on any atom is 0.291 e. The van der Waals surface area contributed by atoms with E-state index in [0.717, 1.165) is 0 Å². The van der Waals surface area contributed by atoms with Crippen LogP contribution in [0.25, 0.3) is 11.0 Å². The fourth-order valence-electron chi connectivity index (χ4n) is 2.82. The number of fused-ring (bicyclic) bond motifs is 1. The predicted octanol–water partition coefficient (Wildman–Crippen LogP) is 1.95. The highest BCUT2D eigenvalue weighted by molar-refractivity contribution is 6.13. The highest BCUT2D eigenvalue weighted by atomic mass is 16.5. The van der Waals surface area contributed by atoms with Crippen molar-refractivity contribution >= 4 is 28.5 Å². The minimum Gasteiger partial charge on any atom is -0.449 e. The first-order valence-electron chi connectivity index (χ1n) is 8.20. The summed E-state index contributed by atoms with van der Waals surface area (Å²) in [6, 6.07) is 7.17. The summed E-state index contributed by atoms with van der Waals surface area (Å²) >= 11 is 0. The molecule has 132 valence electrons. The second-order valence-corrected chi connectivity index (χ2v) is 5.75. The molecule has 0 radical (unpaired) electrons. The smallest absolute Gasteiger partial charge is 0.291 e. The van der Waals surface area contributed by atoms with Crippen molar-refractivity contribution in [2.75, 3.05) is 31.6 Å². The second-order valence-electron chi connectivity index (χ2n) is 5.75. The molecule has 2 amide bonds. The van der Waals surface area contributed by atoms with Crippen molar-refractivity contribution in [2.24, 2.45) is 0 Å². The molecule has 8 heteroatoms. The summed E-state index contributed by atoms with van der Waals surface area (Å²) in [6.07, 6.45) is 4.28. The summed E-state index contributed by atoms with van der Waals surface area (Å²) in [6.45, 7) is 1.92. The molecule has 1 aromatic carbocycles. The molecule has 1 saturated heterocycles. The van der Waals surface area contributed by atoms with Gasteiger partial charge in [-0.15, -0.1) is 0 Å². The first-order valence-corrected chi connectivity index (χ1v) is 8.20. The lowest BCUT2D eigenvalue weighted by atomic mass is 10.2. The molecule has 8 nitrogen and oxygen atoms in total. The van der Waals surface area contributed by atoms with Gasteiger partial charge in [0.2, 0.25) is 5.76 Å². The number of hydrogen-bond acceptors (Lipinski definition) is 6. The van der Waals surface area contributed by atoms with Gasteiger partial charge in [0.05, 0.1) is 19.4 Å². The van der Waals surface area contributed by atoms with Gasteiger partial charge in [-0.1, -0.05) is 12.1 Å². The Hall–Kier alpha value is -3.26. The van der Waals surface area contributed by atoms with Gasteiger partial charge in [-0.25, -0.2) is 4.98 Å². The molecule has 26 heavy (non-hydrogen) atoms. The lowest BCUT2D eigenvalue weighted by Crippen LogP contribution is -2.40. The minimum absolute atomic E-state index is 0.102. The molecular formula is C18H16N4O4. The van der Waals surface area contributed by atoms with Crippen LogP contribution in [0.5, 0.6) is 0 Å². The van der Waals surface area contributed by atoms with Crippen molar-refractivity contribution in [3.63, 3.8) is 0 Å². The Morgan fingerprint density at radius 1 is 1.12 bits per heavy atom. The summed E-state index contributed by atoms with van der Waals surface area (Å²) in [5, 5.41) is 3.41. The average molecular weight is 352 g/mol. The van der Waals surface area contributed by atoms with E-state index in [1.165, 1.54) is 18.6 Å². The number of nitrogens with zero attached hydrogens (tertiary/aromatic N) is 3. The van der Waals surface area contributed by atoms with Crippen LogP contribution in [0.15, 0.2) is 47.3 Å². The van der Waals surface area contributed by atoms with Crippen molar-refractivity contribution in [1.82, 2.24) is 14.9 Å². The summed E-state index contributed by atoms with van der Waals surface area (Å²) < 4.78 is 11.1. The number of benzene rings is 1. The number of nitrogens with one attached hydrogen (secondary N) is 1. The zero-order valence-corrected chi connectivity index (χ0v) is 13.8. The van der Waals surface area contributed by atoms with Crippen LogP contribution in [0.1, 0.15) is 21.0 Å². The van der Waals surface area contributed by atoms with Crippen LogP contribution >= 0.6 is 0 Å². The van der Waals surface area contributed by atoms with Crippen molar-refractivity contribution in [3.8, 4) is 0 Å². The van der Waals surface area contributed by atoms with Crippen LogP contribution in [0, 0.1) is 0 Å². The Morgan fingerprint density at radius 3 is 2.69 bits per heavy atom. The van der Waals surface area contributed by atoms with E-state index < -0.39 is 5.91 Å². The number of carbonyl (C=O) groups is 2. The van der Waals surface area contributed by atoms with Crippen molar-refractivity contribution in [2.45, 2.75) is 0 Å². The highest BCUT2D eigenvalue weighted by Crippen LogP contribution is 2.32. The average Bonchev–Trinajstić information content (AvgIpc) is 3.07. The van der Waals surface area contributed by atoms with Crippen LogP contribution in [0.3, 0.4) is 0 Å². The molecule has 1 aliphatic rings. The molecule has 0 saturated carbocycles. The van der Waals surface area contributed by atoms with Crippen molar-refractivity contribution in [1.29, 1.82) is 0 Å². The molecule has 1 N–H and O–H groups in total. The Labute approximate surface area is 148 Å². The molecule has 0 unspecified atom stereocenters. The van der Waals surface area contributed by atoms with E-state index >= 15 is 0 Å². The monoisotopic (exact) mass is 352 g/mol. The van der Waals surface area contributed by atoms with E-state index in [1.54, 1.807) is 17.0 Å². The second kappa shape index (κ2) is 6.93. The molecule has 4 rings (SSSR count). The van der Waals surface area contributed by atoms with Gasteiger partial charge in [0.25, 0.3) is 11.8 Å². The molecule has 3 aromatic rings. The maximum atomic E-state index is 12.9. The Balaban J connectivity index is 1.72. The van der Waals surface area contributed by atoms with E-state index in [4.69, 9.17) is 9.15 Å². The van der Waals surface area contributed by atoms with Gasteiger partial charge in [-0.3, -0.25) is 14.6 Å². The van der Waals surface area contributed by atoms with Gasteiger partial charge in [-0.05, 0) is 12.1 Å². The third-order valence-corrected chi connectivity index (χ3v) is 4.12. The fourth-order valence-corrected chi connectivity index (χ4v) is 2.82. The number of aromatic nitrogens is 2. The predicted molar refractivity (Wildman–Crippen MR) is 92.9 cm³/mol. The van der Waals surface area contributed by atoms with Gasteiger partial charge >= 0.3 is 0 Å². The van der Waals surface area contributed by atoms with Crippen LogP contribution < -0.4 is 5.32 Å². The number of carbonyl (C=O) groups excluding carboxylic acids is 2. The quantitative estimate of drug-likeness (QED) is 0.774. The normalized spacial score (nSPS) is 14.4. The fraction of sp³-hybridized carbons (Fsp3) is 0.222. The molecule has 2 aromatic heterocycles. The Morgan fingerprint density at radius 2 is 1.92 bits per heavy atom. The van der Waals surface area contributed by atoms with Gasteiger partial charge in [0.1, 0.15) is 17.0 Å². The number of amides is 2. The van der Waals surface area contributed by atoms with Crippen molar-refractivity contribution in [3.05, 3.63) is 54.3 Å². The summed E-state index contributed by atoms with van der Waals surface area (Å²) in [7, 11) is 0. The SMILES string of the molecule is O=C(Nc1c(C(=O)N2CCOCC2)oc2ccccc12)c1cnccn1. The maximum absolute atomic E-state index is 12.9. The zero-order chi connectivity index (χ0) is 17.9. The Kier molecular flexibility index (Phi) is 4.32. The number of furan rings is 1. The molecule has 1 fully saturated rings. The summed E-state index contributed by atoms with van der Waals surface area (Å²) in [4.78, 5) is 34.9. The van der Waals surface area contributed by atoms with E-state index in [1.807, 2.05) is 12.1 Å². The van der Waals surface area contributed by atoms with E-state index in [9.17, 15) is 9.59 Å². The first kappa shape index (κ1) is 16.2. The summed E-state index contributed by atoms with van der Waals surface area (Å²) in [5.74, 6) is -0.634. The molecule has 0 aliphatic carbocycles. The van der Waals surface area contributed by atoms with Crippen LogP contribution in [-0.2, 0) is 4.74 Å². The third kappa shape index (κ3) is 3.02. The lowest BCUT2D eigenvalue weighted by molar-refractivity contribution is 0.0285.